The second-order valence-corrected chi connectivity index (χ2v) is 18.4. The Morgan fingerprint density at radius 1 is 1.04 bits per heavy atom. The maximum Gasteiger partial charge on any atom is 0.481 e. The smallest absolute Gasteiger partial charge is 0.393 e. The first-order chi connectivity index (χ1) is 26.4. The van der Waals surface area contributed by atoms with Crippen molar-refractivity contribution in [3.05, 3.63) is 12.7 Å². The lowest BCUT2D eigenvalue weighted by Crippen LogP contribution is -2.46. The summed E-state index contributed by atoms with van der Waals surface area (Å²) in [6.07, 6.45) is -8.99. The fourth-order valence-corrected chi connectivity index (χ4v) is 8.42. The van der Waals surface area contributed by atoms with Crippen molar-refractivity contribution < 1.29 is 90.7 Å². The van der Waals surface area contributed by atoms with Crippen LogP contribution in [0.1, 0.15) is 46.3 Å². The standard InChI is InChI=1S/C27H46N7O19P3S/c1-4-14(35)9-15(36)26(41)57-8-7-29-17(37)5-6-30-24(40)21(39)27(2,3)11-50-56(47,48)53-55(45,46)49-10-16-20(52-54(42,43)44)19(38)25(51-16)34-13-33-18-22(28)31-12-32-23(18)34/h12-16,19-21,25,35-36,38-39H,4-11H2,1-3H3,(H,29,37)(H,30,40)(H,45,46)(H,47,48)(H2,28,31,32)(H2,42,43,44)/t14?,15?,16-,19-,20-,21+,25-/m1/s1. The zero-order valence-electron chi connectivity index (χ0n) is 30.5. The molecule has 324 valence electrons. The first kappa shape index (κ1) is 48.8. The summed E-state index contributed by atoms with van der Waals surface area (Å²) < 4.78 is 62.0. The molecule has 2 aromatic rings. The van der Waals surface area contributed by atoms with E-state index in [4.69, 9.17) is 19.5 Å². The minimum Gasteiger partial charge on any atom is -0.393 e. The summed E-state index contributed by atoms with van der Waals surface area (Å²) in [7, 11) is -16.4. The summed E-state index contributed by atoms with van der Waals surface area (Å²) >= 11 is 0.770. The van der Waals surface area contributed by atoms with Crippen LogP contribution in [0.5, 0.6) is 0 Å². The molecule has 0 aromatic carbocycles. The van der Waals surface area contributed by atoms with Crippen LogP contribution in [0.3, 0.4) is 0 Å². The van der Waals surface area contributed by atoms with Gasteiger partial charge in [0.2, 0.25) is 16.9 Å². The van der Waals surface area contributed by atoms with Gasteiger partial charge in [-0.3, -0.25) is 32.5 Å². The van der Waals surface area contributed by atoms with E-state index in [9.17, 15) is 68.1 Å². The van der Waals surface area contributed by atoms with Crippen molar-refractivity contribution >= 4 is 69.1 Å². The zero-order valence-corrected chi connectivity index (χ0v) is 34.0. The lowest BCUT2D eigenvalue weighted by molar-refractivity contribution is -0.137. The number of carbonyl (C=O) groups excluding carboxylic acids is 3. The number of imidazole rings is 1. The Hall–Kier alpha value is -2.52. The van der Waals surface area contributed by atoms with E-state index in [1.54, 1.807) is 6.92 Å². The molecule has 0 saturated carbocycles. The number of aliphatic hydroxyl groups is 4. The Balaban J connectivity index is 1.47. The van der Waals surface area contributed by atoms with Crippen LogP contribution >= 0.6 is 35.2 Å². The molecule has 1 fully saturated rings. The number of fused-ring (bicyclic) bond motifs is 1. The summed E-state index contributed by atoms with van der Waals surface area (Å²) in [4.78, 5) is 87.4. The first-order valence-electron chi connectivity index (χ1n) is 16.8. The molecule has 30 heteroatoms. The molecule has 12 N–H and O–H groups in total. The van der Waals surface area contributed by atoms with Crippen LogP contribution in [0.2, 0.25) is 0 Å². The molecule has 4 unspecified atom stereocenters. The van der Waals surface area contributed by atoms with Crippen LogP contribution in [0, 0.1) is 5.41 Å². The molecule has 1 saturated heterocycles. The summed E-state index contributed by atoms with van der Waals surface area (Å²) in [5, 5.41) is 45.0. The van der Waals surface area contributed by atoms with Gasteiger partial charge in [-0.2, -0.15) is 4.31 Å². The number of nitrogens with one attached hydrogen (secondary N) is 2. The Morgan fingerprint density at radius 2 is 1.70 bits per heavy atom. The van der Waals surface area contributed by atoms with Crippen molar-refractivity contribution in [2.24, 2.45) is 5.41 Å². The van der Waals surface area contributed by atoms with Crippen LogP contribution in [0.15, 0.2) is 12.7 Å². The number of phosphoric ester groups is 3. The van der Waals surface area contributed by atoms with E-state index in [1.807, 2.05) is 0 Å². The van der Waals surface area contributed by atoms with Crippen molar-refractivity contribution in [2.75, 3.05) is 37.8 Å². The van der Waals surface area contributed by atoms with E-state index >= 15 is 0 Å². The molecule has 2 amide bonds. The third-order valence-corrected chi connectivity index (χ3v) is 12.0. The van der Waals surface area contributed by atoms with Crippen LogP contribution in [0.4, 0.5) is 5.82 Å². The summed E-state index contributed by atoms with van der Waals surface area (Å²) in [5.41, 5.74) is 4.20. The third-order valence-electron chi connectivity index (χ3n) is 7.98. The normalized spacial score (nSPS) is 22.6. The van der Waals surface area contributed by atoms with Gasteiger partial charge in [0, 0.05) is 37.1 Å². The number of phosphoric acid groups is 3. The van der Waals surface area contributed by atoms with E-state index in [1.165, 1.54) is 13.8 Å². The number of rotatable bonds is 23. The van der Waals surface area contributed by atoms with Crippen molar-refractivity contribution in [3.8, 4) is 0 Å². The Morgan fingerprint density at radius 3 is 2.35 bits per heavy atom. The van der Waals surface area contributed by atoms with Crippen LogP contribution in [-0.4, -0.2) is 145 Å². The van der Waals surface area contributed by atoms with Gasteiger partial charge < -0.3 is 61.1 Å². The van der Waals surface area contributed by atoms with E-state index in [-0.39, 0.29) is 48.7 Å². The molecular weight excluding hydrogens is 851 g/mol. The highest BCUT2D eigenvalue weighted by molar-refractivity contribution is 8.13. The maximum atomic E-state index is 12.7. The average Bonchev–Trinajstić information content (AvgIpc) is 3.67. The number of hydrogen-bond acceptors (Lipinski definition) is 20. The highest BCUT2D eigenvalue weighted by atomic mass is 32.2. The lowest BCUT2D eigenvalue weighted by atomic mass is 9.87. The maximum absolute atomic E-state index is 12.7. The number of hydrogen-bond donors (Lipinski definition) is 11. The number of anilines is 1. The molecule has 0 spiro atoms. The van der Waals surface area contributed by atoms with Crippen molar-refractivity contribution in [2.45, 2.75) is 82.9 Å². The van der Waals surface area contributed by atoms with Gasteiger partial charge >= 0.3 is 23.5 Å². The van der Waals surface area contributed by atoms with E-state index in [2.05, 4.69) is 34.4 Å². The van der Waals surface area contributed by atoms with Crippen molar-refractivity contribution in [1.82, 2.24) is 30.2 Å². The van der Waals surface area contributed by atoms with Gasteiger partial charge in [-0.25, -0.2) is 28.6 Å². The number of aromatic nitrogens is 4. The molecule has 26 nitrogen and oxygen atoms in total. The molecule has 0 bridgehead atoms. The zero-order chi connectivity index (χ0) is 42.9. The van der Waals surface area contributed by atoms with Gasteiger partial charge in [0.25, 0.3) is 0 Å². The minimum absolute atomic E-state index is 0.0206. The number of aliphatic hydroxyl groups excluding tert-OH is 4. The number of nitrogens with two attached hydrogens (primary N) is 1. The molecule has 1 aliphatic rings. The number of ether oxygens (including phenoxy) is 1. The van der Waals surface area contributed by atoms with Gasteiger partial charge in [-0.1, -0.05) is 32.5 Å². The Labute approximate surface area is 328 Å². The molecule has 2 aromatic heterocycles. The van der Waals surface area contributed by atoms with Gasteiger partial charge in [0.15, 0.2) is 17.7 Å². The highest BCUT2D eigenvalue weighted by Crippen LogP contribution is 2.61. The predicted molar refractivity (Wildman–Crippen MR) is 194 cm³/mol. The molecule has 0 radical (unpaired) electrons. The second-order valence-electron chi connectivity index (χ2n) is 13.1. The van der Waals surface area contributed by atoms with Crippen LogP contribution < -0.4 is 16.4 Å². The van der Waals surface area contributed by atoms with E-state index in [0.717, 1.165) is 29.0 Å². The molecule has 1 aliphatic heterocycles. The molecule has 0 aliphatic carbocycles. The Bertz CT molecular complexity index is 1850. The van der Waals surface area contributed by atoms with Gasteiger partial charge in [0.05, 0.1) is 25.6 Å². The molecule has 3 heterocycles. The number of carbonyl (C=O) groups is 3. The molecule has 57 heavy (non-hydrogen) atoms. The van der Waals surface area contributed by atoms with Gasteiger partial charge in [-0.05, 0) is 6.42 Å². The average molecular weight is 898 g/mol. The highest BCUT2D eigenvalue weighted by Gasteiger charge is 2.50. The summed E-state index contributed by atoms with van der Waals surface area (Å²) in [6, 6.07) is 0. The van der Waals surface area contributed by atoms with Crippen LogP contribution in [0.25, 0.3) is 11.2 Å². The SMILES string of the molecule is CCC(O)CC(O)C(=O)SCCNC(=O)CCNC(=O)[C@H](O)C(C)(C)COP(=O)(O)OP(=O)(O)OC[C@H]1O[C@@H](n2cnc3c(N)ncnc32)[C@H](O)[C@@H]1OP(=O)(O)O. The largest absolute Gasteiger partial charge is 0.481 e. The topological polar surface area (TPSA) is 404 Å². The number of amides is 2. The number of thioether (sulfide) groups is 1. The monoisotopic (exact) mass is 897 g/mol. The minimum atomic E-state index is -5.59. The van der Waals surface area contributed by atoms with Gasteiger partial charge in [-0.15, -0.1) is 0 Å². The fourth-order valence-electron chi connectivity index (χ4n) is 4.90. The second kappa shape index (κ2) is 20.6. The Kier molecular flexibility index (Phi) is 17.7. The first-order valence-corrected chi connectivity index (χ1v) is 22.3. The third kappa shape index (κ3) is 14.9. The number of nitrogens with zero attached hydrogens (tertiary/aromatic N) is 4. The molecular formula is C27H46N7O19P3S. The van der Waals surface area contributed by atoms with Crippen molar-refractivity contribution in [1.29, 1.82) is 0 Å². The molecule has 9 atom stereocenters. The number of nitrogen functional groups attached to an aromatic ring is 1. The van der Waals surface area contributed by atoms with E-state index < -0.39 is 102 Å². The molecule has 3 rings (SSSR count). The van der Waals surface area contributed by atoms with E-state index in [0.29, 0.717) is 6.42 Å². The van der Waals surface area contributed by atoms with Crippen molar-refractivity contribution in [3.63, 3.8) is 0 Å². The predicted octanol–water partition coefficient (Wildman–Crippen LogP) is -1.81. The quantitative estimate of drug-likeness (QED) is 0.0432. The fraction of sp³-hybridized carbons (Fsp3) is 0.704. The van der Waals surface area contributed by atoms with Crippen LogP contribution in [-0.2, 0) is 50.7 Å². The van der Waals surface area contributed by atoms with Gasteiger partial charge in [0.1, 0.15) is 42.4 Å². The summed E-state index contributed by atoms with van der Waals surface area (Å²) in [5.74, 6) is -1.46. The summed E-state index contributed by atoms with van der Waals surface area (Å²) in [6.45, 7) is 1.88. The lowest BCUT2D eigenvalue weighted by Gasteiger charge is -2.30.